The minimum absolute atomic E-state index is 0.136. The Labute approximate surface area is 140 Å². The standard InChI is InChI=1S/C15H16F3NO6/c1-25-11(20)7-6-10(14(23)24)19-13(22)12(21)8-2-4-9(5-3-8)15(16,17)18/h2-5,10,12,21H,6-7H2,1H3,(H,19,22)(H,23,24)/t10-,12+/m0/s1. The third-order valence-electron chi connectivity index (χ3n) is 3.28. The summed E-state index contributed by atoms with van der Waals surface area (Å²) in [6, 6.07) is 1.75. The maximum atomic E-state index is 12.5. The Kier molecular flexibility index (Phi) is 6.92. The van der Waals surface area contributed by atoms with Crippen molar-refractivity contribution in [2.24, 2.45) is 0 Å². The number of alkyl halides is 3. The van der Waals surface area contributed by atoms with Gasteiger partial charge < -0.3 is 20.3 Å². The molecule has 0 bridgehead atoms. The number of carbonyl (C=O) groups is 3. The Morgan fingerprint density at radius 3 is 2.20 bits per heavy atom. The van der Waals surface area contributed by atoms with E-state index in [-0.39, 0.29) is 18.4 Å². The second kappa shape index (κ2) is 8.47. The number of rotatable bonds is 7. The predicted molar refractivity (Wildman–Crippen MR) is 77.2 cm³/mol. The lowest BCUT2D eigenvalue weighted by Gasteiger charge is -2.17. The van der Waals surface area contributed by atoms with E-state index in [1.807, 2.05) is 5.32 Å². The van der Waals surface area contributed by atoms with E-state index in [1.54, 1.807) is 0 Å². The number of carboxylic acid groups (broad SMARTS) is 1. The van der Waals surface area contributed by atoms with Gasteiger partial charge in [-0.2, -0.15) is 13.2 Å². The van der Waals surface area contributed by atoms with E-state index in [0.717, 1.165) is 19.2 Å². The SMILES string of the molecule is COC(=O)CC[C@H](NC(=O)[C@H](O)c1ccc(C(F)(F)F)cc1)C(=O)O. The van der Waals surface area contributed by atoms with Crippen LogP contribution in [0.15, 0.2) is 24.3 Å². The van der Waals surface area contributed by atoms with Gasteiger partial charge in [0.05, 0.1) is 12.7 Å². The Balaban J connectivity index is 2.76. The molecule has 0 aliphatic carbocycles. The van der Waals surface area contributed by atoms with Crippen molar-refractivity contribution in [1.82, 2.24) is 5.32 Å². The van der Waals surface area contributed by atoms with E-state index >= 15 is 0 Å². The molecule has 138 valence electrons. The molecule has 25 heavy (non-hydrogen) atoms. The number of nitrogens with one attached hydrogen (secondary N) is 1. The molecule has 0 aromatic heterocycles. The van der Waals surface area contributed by atoms with Gasteiger partial charge in [-0.3, -0.25) is 9.59 Å². The van der Waals surface area contributed by atoms with Crippen molar-refractivity contribution in [2.45, 2.75) is 31.2 Å². The van der Waals surface area contributed by atoms with E-state index in [4.69, 9.17) is 5.11 Å². The zero-order valence-electron chi connectivity index (χ0n) is 13.0. The monoisotopic (exact) mass is 363 g/mol. The van der Waals surface area contributed by atoms with Crippen molar-refractivity contribution in [1.29, 1.82) is 0 Å². The van der Waals surface area contributed by atoms with E-state index in [2.05, 4.69) is 4.74 Å². The molecule has 0 unspecified atom stereocenters. The predicted octanol–water partition coefficient (Wildman–Crippen LogP) is 1.26. The van der Waals surface area contributed by atoms with E-state index < -0.39 is 41.7 Å². The van der Waals surface area contributed by atoms with Gasteiger partial charge in [0, 0.05) is 6.42 Å². The lowest BCUT2D eigenvalue weighted by molar-refractivity contribution is -0.145. The Bertz CT molecular complexity index is 629. The molecule has 0 aliphatic heterocycles. The molecular weight excluding hydrogens is 347 g/mol. The molecule has 0 fully saturated rings. The second-order valence-electron chi connectivity index (χ2n) is 5.04. The van der Waals surface area contributed by atoms with Gasteiger partial charge in [0.25, 0.3) is 5.91 Å². The van der Waals surface area contributed by atoms with Gasteiger partial charge in [-0.1, -0.05) is 12.1 Å². The Hall–Kier alpha value is -2.62. The van der Waals surface area contributed by atoms with Crippen LogP contribution in [-0.2, 0) is 25.3 Å². The molecule has 0 saturated carbocycles. The average Bonchev–Trinajstić information content (AvgIpc) is 2.56. The van der Waals surface area contributed by atoms with Crippen LogP contribution in [0.5, 0.6) is 0 Å². The fraction of sp³-hybridized carbons (Fsp3) is 0.400. The molecule has 3 N–H and O–H groups in total. The van der Waals surface area contributed by atoms with Crippen molar-refractivity contribution < 1.29 is 42.5 Å². The van der Waals surface area contributed by atoms with Crippen LogP contribution in [0, 0.1) is 0 Å². The first-order valence-electron chi connectivity index (χ1n) is 7.01. The highest BCUT2D eigenvalue weighted by Crippen LogP contribution is 2.29. The van der Waals surface area contributed by atoms with Crippen LogP contribution in [0.3, 0.4) is 0 Å². The molecule has 0 spiro atoms. The summed E-state index contributed by atoms with van der Waals surface area (Å²) in [6.45, 7) is 0. The van der Waals surface area contributed by atoms with Crippen molar-refractivity contribution in [3.63, 3.8) is 0 Å². The largest absolute Gasteiger partial charge is 0.480 e. The van der Waals surface area contributed by atoms with Crippen LogP contribution in [-0.4, -0.2) is 41.2 Å². The summed E-state index contributed by atoms with van der Waals surface area (Å²) in [4.78, 5) is 34.0. The molecular formula is C15H16F3NO6. The second-order valence-corrected chi connectivity index (χ2v) is 5.04. The van der Waals surface area contributed by atoms with Gasteiger partial charge in [-0.25, -0.2) is 4.79 Å². The Morgan fingerprint density at radius 2 is 1.76 bits per heavy atom. The number of halogens is 3. The third-order valence-corrected chi connectivity index (χ3v) is 3.28. The van der Waals surface area contributed by atoms with Crippen molar-refractivity contribution in [2.75, 3.05) is 7.11 Å². The Morgan fingerprint density at radius 1 is 1.20 bits per heavy atom. The summed E-state index contributed by atoms with van der Waals surface area (Å²) >= 11 is 0. The van der Waals surface area contributed by atoms with Gasteiger partial charge >= 0.3 is 18.1 Å². The molecule has 7 nitrogen and oxygen atoms in total. The first kappa shape index (κ1) is 20.4. The molecule has 1 rings (SSSR count). The topological polar surface area (TPSA) is 113 Å². The van der Waals surface area contributed by atoms with Gasteiger partial charge in [0.15, 0.2) is 6.10 Å². The molecule has 0 saturated heterocycles. The molecule has 10 heteroatoms. The number of amides is 1. The summed E-state index contributed by atoms with van der Waals surface area (Å²) in [5, 5.41) is 20.9. The summed E-state index contributed by atoms with van der Waals surface area (Å²) in [7, 11) is 1.12. The highest BCUT2D eigenvalue weighted by Gasteiger charge is 2.31. The average molecular weight is 363 g/mol. The highest BCUT2D eigenvalue weighted by molar-refractivity contribution is 5.87. The summed E-state index contributed by atoms with van der Waals surface area (Å²) in [6.07, 6.45) is -6.96. The number of carbonyl (C=O) groups excluding carboxylic acids is 2. The van der Waals surface area contributed by atoms with E-state index in [9.17, 15) is 32.7 Å². The number of hydrogen-bond acceptors (Lipinski definition) is 5. The summed E-state index contributed by atoms with van der Waals surface area (Å²) < 4.78 is 41.8. The van der Waals surface area contributed by atoms with E-state index in [0.29, 0.717) is 12.1 Å². The maximum absolute atomic E-state index is 12.5. The van der Waals surface area contributed by atoms with Crippen LogP contribution in [0.2, 0.25) is 0 Å². The number of esters is 1. The molecule has 1 aromatic carbocycles. The number of aliphatic hydroxyl groups is 1. The highest BCUT2D eigenvalue weighted by atomic mass is 19.4. The number of aliphatic hydroxyl groups excluding tert-OH is 1. The summed E-state index contributed by atoms with van der Waals surface area (Å²) in [5.41, 5.74) is -1.09. The number of benzene rings is 1. The van der Waals surface area contributed by atoms with Crippen LogP contribution in [0.1, 0.15) is 30.1 Å². The quantitative estimate of drug-likeness (QED) is 0.629. The normalized spacial score (nSPS) is 13.6. The number of hydrogen-bond donors (Lipinski definition) is 3. The minimum atomic E-state index is -4.56. The third kappa shape index (κ3) is 6.07. The van der Waals surface area contributed by atoms with Crippen molar-refractivity contribution >= 4 is 17.8 Å². The summed E-state index contributed by atoms with van der Waals surface area (Å²) in [5.74, 6) is -3.22. The molecule has 1 aromatic rings. The zero-order chi connectivity index (χ0) is 19.2. The van der Waals surface area contributed by atoms with Crippen molar-refractivity contribution in [3.8, 4) is 0 Å². The molecule has 2 atom stereocenters. The maximum Gasteiger partial charge on any atom is 0.416 e. The van der Waals surface area contributed by atoms with Crippen LogP contribution >= 0.6 is 0 Å². The number of ether oxygens (including phenoxy) is 1. The van der Waals surface area contributed by atoms with E-state index in [1.165, 1.54) is 0 Å². The first-order valence-corrected chi connectivity index (χ1v) is 7.01. The number of carboxylic acids is 1. The molecule has 0 heterocycles. The fourth-order valence-corrected chi connectivity index (χ4v) is 1.88. The zero-order valence-corrected chi connectivity index (χ0v) is 13.0. The smallest absolute Gasteiger partial charge is 0.416 e. The molecule has 0 aliphatic rings. The first-order chi connectivity index (χ1) is 11.6. The minimum Gasteiger partial charge on any atom is -0.480 e. The lowest BCUT2D eigenvalue weighted by atomic mass is 10.1. The van der Waals surface area contributed by atoms with Gasteiger partial charge in [-0.15, -0.1) is 0 Å². The fourth-order valence-electron chi connectivity index (χ4n) is 1.88. The van der Waals surface area contributed by atoms with Gasteiger partial charge in [-0.05, 0) is 24.1 Å². The number of aliphatic carboxylic acids is 1. The molecule has 0 radical (unpaired) electrons. The van der Waals surface area contributed by atoms with Gasteiger partial charge in [0.1, 0.15) is 6.04 Å². The molecule has 1 amide bonds. The van der Waals surface area contributed by atoms with Gasteiger partial charge in [0.2, 0.25) is 0 Å². The van der Waals surface area contributed by atoms with Crippen LogP contribution in [0.25, 0.3) is 0 Å². The van der Waals surface area contributed by atoms with Crippen LogP contribution in [0.4, 0.5) is 13.2 Å². The number of methoxy groups -OCH3 is 1. The van der Waals surface area contributed by atoms with Crippen LogP contribution < -0.4 is 5.32 Å². The lowest BCUT2D eigenvalue weighted by Crippen LogP contribution is -2.43. The van der Waals surface area contributed by atoms with Crippen molar-refractivity contribution in [3.05, 3.63) is 35.4 Å².